The van der Waals surface area contributed by atoms with Crippen LogP contribution in [0.5, 0.6) is 11.5 Å². The van der Waals surface area contributed by atoms with Crippen LogP contribution in [0.1, 0.15) is 49.2 Å². The molecule has 4 rings (SSSR count). The number of nitrogens with zero attached hydrogens (tertiary/aromatic N) is 2. The van der Waals surface area contributed by atoms with Crippen LogP contribution in [-0.2, 0) is 19.5 Å². The minimum absolute atomic E-state index is 0.722. The summed E-state index contributed by atoms with van der Waals surface area (Å²) in [6, 6.07) is 6.14. The monoisotopic (exact) mass is 355 g/mol. The smallest absolute Gasteiger partial charge is 0.165 e. The van der Waals surface area contributed by atoms with Crippen LogP contribution in [0.4, 0.5) is 0 Å². The SMILES string of the molecule is COc1cccc2c1OCCCN(Cc1cnc(CC3CCCC3)[nH]1)C2. The number of rotatable bonds is 5. The lowest BCUT2D eigenvalue weighted by Gasteiger charge is -2.26. The lowest BCUT2D eigenvalue weighted by Crippen LogP contribution is -2.27. The molecule has 140 valence electrons. The van der Waals surface area contributed by atoms with Crippen molar-refractivity contribution in [3.8, 4) is 11.5 Å². The number of hydrogen-bond donors (Lipinski definition) is 1. The second kappa shape index (κ2) is 8.12. The van der Waals surface area contributed by atoms with Gasteiger partial charge in [0.1, 0.15) is 5.82 Å². The van der Waals surface area contributed by atoms with E-state index in [9.17, 15) is 0 Å². The van der Waals surface area contributed by atoms with Crippen LogP contribution in [-0.4, -0.2) is 35.1 Å². The number of para-hydroxylation sites is 1. The van der Waals surface area contributed by atoms with E-state index in [0.717, 1.165) is 62.3 Å². The number of imidazole rings is 1. The molecule has 0 amide bonds. The maximum absolute atomic E-state index is 5.96. The molecule has 1 aromatic carbocycles. The molecule has 1 fully saturated rings. The summed E-state index contributed by atoms with van der Waals surface area (Å²) in [4.78, 5) is 10.7. The predicted molar refractivity (Wildman–Crippen MR) is 101 cm³/mol. The average Bonchev–Trinajstić information content (AvgIpc) is 3.29. The number of H-pyrrole nitrogens is 1. The van der Waals surface area contributed by atoms with Crippen molar-refractivity contribution in [1.29, 1.82) is 0 Å². The van der Waals surface area contributed by atoms with Gasteiger partial charge < -0.3 is 14.5 Å². The highest BCUT2D eigenvalue weighted by Gasteiger charge is 2.19. The van der Waals surface area contributed by atoms with Crippen LogP contribution in [0.2, 0.25) is 0 Å². The zero-order chi connectivity index (χ0) is 17.8. The molecule has 1 aliphatic heterocycles. The molecule has 5 nitrogen and oxygen atoms in total. The number of ether oxygens (including phenoxy) is 2. The first kappa shape index (κ1) is 17.4. The van der Waals surface area contributed by atoms with Crippen LogP contribution in [0.3, 0.4) is 0 Å². The van der Waals surface area contributed by atoms with Gasteiger partial charge in [-0.25, -0.2) is 4.98 Å². The second-order valence-corrected chi connectivity index (χ2v) is 7.57. The number of fused-ring (bicyclic) bond motifs is 1. The first-order valence-corrected chi connectivity index (χ1v) is 9.85. The van der Waals surface area contributed by atoms with Crippen molar-refractivity contribution < 1.29 is 9.47 Å². The molecular formula is C21H29N3O2. The van der Waals surface area contributed by atoms with Gasteiger partial charge in [0, 0.05) is 43.5 Å². The van der Waals surface area contributed by atoms with Crippen LogP contribution >= 0.6 is 0 Å². The minimum atomic E-state index is 0.722. The number of hydrogen-bond acceptors (Lipinski definition) is 4. The molecule has 0 atom stereocenters. The van der Waals surface area contributed by atoms with E-state index < -0.39 is 0 Å². The van der Waals surface area contributed by atoms with Crippen molar-refractivity contribution in [3.63, 3.8) is 0 Å². The van der Waals surface area contributed by atoms with E-state index in [2.05, 4.69) is 20.9 Å². The van der Waals surface area contributed by atoms with Gasteiger partial charge in [-0.05, 0) is 18.4 Å². The van der Waals surface area contributed by atoms with Crippen molar-refractivity contribution in [2.75, 3.05) is 20.3 Å². The van der Waals surface area contributed by atoms with E-state index in [4.69, 9.17) is 9.47 Å². The Kier molecular flexibility index (Phi) is 5.44. The highest BCUT2D eigenvalue weighted by molar-refractivity contribution is 5.46. The third-order valence-corrected chi connectivity index (χ3v) is 5.57. The largest absolute Gasteiger partial charge is 0.493 e. The third kappa shape index (κ3) is 4.04. The standard InChI is InChI=1S/C21H29N3O2/c1-25-19-9-4-8-17-14-24(10-5-11-26-21(17)19)15-18-13-22-20(23-18)12-16-6-2-3-7-16/h4,8-9,13,16H,2-3,5-7,10-12,14-15H2,1H3,(H,22,23). The fraction of sp³-hybridized carbons (Fsp3) is 0.571. The van der Waals surface area contributed by atoms with Crippen molar-refractivity contribution >= 4 is 0 Å². The van der Waals surface area contributed by atoms with E-state index in [0.29, 0.717) is 0 Å². The van der Waals surface area contributed by atoms with Gasteiger partial charge in [0.05, 0.1) is 13.7 Å². The molecule has 0 spiro atoms. The Hall–Kier alpha value is -2.01. The van der Waals surface area contributed by atoms with E-state index in [1.165, 1.54) is 36.9 Å². The van der Waals surface area contributed by atoms with Gasteiger partial charge in [0.15, 0.2) is 11.5 Å². The Labute approximate surface area is 155 Å². The minimum Gasteiger partial charge on any atom is -0.493 e. The van der Waals surface area contributed by atoms with Crippen molar-refractivity contribution in [1.82, 2.24) is 14.9 Å². The summed E-state index contributed by atoms with van der Waals surface area (Å²) in [5, 5.41) is 0. The van der Waals surface area contributed by atoms with E-state index in [1.807, 2.05) is 18.3 Å². The van der Waals surface area contributed by atoms with E-state index in [1.54, 1.807) is 7.11 Å². The van der Waals surface area contributed by atoms with Crippen molar-refractivity contribution in [3.05, 3.63) is 41.5 Å². The van der Waals surface area contributed by atoms with E-state index >= 15 is 0 Å². The average molecular weight is 355 g/mol. The van der Waals surface area contributed by atoms with E-state index in [-0.39, 0.29) is 0 Å². The predicted octanol–water partition coefficient (Wildman–Crippen LogP) is 3.94. The number of aromatic amines is 1. The molecule has 2 aliphatic rings. The van der Waals surface area contributed by atoms with Crippen LogP contribution < -0.4 is 9.47 Å². The molecule has 5 heteroatoms. The van der Waals surface area contributed by atoms with Gasteiger partial charge in [-0.1, -0.05) is 37.8 Å². The highest BCUT2D eigenvalue weighted by Crippen LogP contribution is 2.33. The molecule has 2 heterocycles. The topological polar surface area (TPSA) is 50.4 Å². The number of methoxy groups -OCH3 is 1. The van der Waals surface area contributed by atoms with Gasteiger partial charge in [-0.2, -0.15) is 0 Å². The first-order chi connectivity index (χ1) is 12.8. The maximum Gasteiger partial charge on any atom is 0.165 e. The summed E-state index contributed by atoms with van der Waals surface area (Å²) < 4.78 is 11.4. The molecule has 0 unspecified atom stereocenters. The summed E-state index contributed by atoms with van der Waals surface area (Å²) in [6.45, 7) is 3.51. The molecule has 1 saturated carbocycles. The molecule has 2 aromatic rings. The fourth-order valence-electron chi connectivity index (χ4n) is 4.25. The Balaban J connectivity index is 1.43. The fourth-order valence-corrected chi connectivity index (χ4v) is 4.25. The van der Waals surface area contributed by atoms with Crippen LogP contribution in [0.15, 0.2) is 24.4 Å². The van der Waals surface area contributed by atoms with Gasteiger partial charge in [0.2, 0.25) is 0 Å². The van der Waals surface area contributed by atoms with Crippen molar-refractivity contribution in [2.45, 2.75) is 51.6 Å². The molecule has 1 aliphatic carbocycles. The lowest BCUT2D eigenvalue weighted by atomic mass is 10.0. The van der Waals surface area contributed by atoms with Crippen LogP contribution in [0, 0.1) is 5.92 Å². The quantitative estimate of drug-likeness (QED) is 0.883. The lowest BCUT2D eigenvalue weighted by molar-refractivity contribution is 0.194. The third-order valence-electron chi connectivity index (χ3n) is 5.57. The highest BCUT2D eigenvalue weighted by atomic mass is 16.5. The summed E-state index contributed by atoms with van der Waals surface area (Å²) in [7, 11) is 1.70. The Morgan fingerprint density at radius 3 is 3.00 bits per heavy atom. The first-order valence-electron chi connectivity index (χ1n) is 9.85. The van der Waals surface area contributed by atoms with Gasteiger partial charge in [0.25, 0.3) is 0 Å². The number of benzene rings is 1. The van der Waals surface area contributed by atoms with Crippen LogP contribution in [0.25, 0.3) is 0 Å². The summed E-state index contributed by atoms with van der Waals surface area (Å²) in [5.41, 5.74) is 2.40. The zero-order valence-corrected chi connectivity index (χ0v) is 15.7. The summed E-state index contributed by atoms with van der Waals surface area (Å²) in [5.74, 6) is 3.70. The molecule has 1 N–H and O–H groups in total. The molecule has 0 radical (unpaired) electrons. The molecule has 0 saturated heterocycles. The second-order valence-electron chi connectivity index (χ2n) is 7.57. The maximum atomic E-state index is 5.96. The van der Waals surface area contributed by atoms with Gasteiger partial charge in [-0.3, -0.25) is 4.90 Å². The normalized spacial score (nSPS) is 18.8. The summed E-state index contributed by atoms with van der Waals surface area (Å²) >= 11 is 0. The molecule has 0 bridgehead atoms. The molecule has 1 aromatic heterocycles. The van der Waals surface area contributed by atoms with Gasteiger partial charge >= 0.3 is 0 Å². The van der Waals surface area contributed by atoms with Crippen molar-refractivity contribution in [2.24, 2.45) is 5.92 Å². The Morgan fingerprint density at radius 1 is 1.27 bits per heavy atom. The zero-order valence-electron chi connectivity index (χ0n) is 15.7. The molecular weight excluding hydrogens is 326 g/mol. The summed E-state index contributed by atoms with van der Waals surface area (Å²) in [6.07, 6.45) is 9.63. The Bertz CT molecular complexity index is 722. The Morgan fingerprint density at radius 2 is 2.15 bits per heavy atom. The van der Waals surface area contributed by atoms with Gasteiger partial charge in [-0.15, -0.1) is 0 Å². The number of nitrogens with one attached hydrogen (secondary N) is 1. The number of aromatic nitrogens is 2. The molecule has 26 heavy (non-hydrogen) atoms.